The Balaban J connectivity index is 2.42. The second-order valence-electron chi connectivity index (χ2n) is 4.56. The van der Waals surface area contributed by atoms with Gasteiger partial charge < -0.3 is 15.8 Å². The van der Waals surface area contributed by atoms with Gasteiger partial charge in [-0.2, -0.15) is 8.42 Å². The molecule has 1 aromatic carbocycles. The van der Waals surface area contributed by atoms with Gasteiger partial charge in [0.2, 0.25) is 5.91 Å². The van der Waals surface area contributed by atoms with Gasteiger partial charge in [-0.3, -0.25) is 9.35 Å². The Morgan fingerprint density at radius 3 is 2.52 bits per heavy atom. The van der Waals surface area contributed by atoms with E-state index in [-0.39, 0.29) is 24.7 Å². The van der Waals surface area contributed by atoms with Crippen LogP contribution in [-0.2, 0) is 21.3 Å². The van der Waals surface area contributed by atoms with Crippen LogP contribution in [0.25, 0.3) is 0 Å². The van der Waals surface area contributed by atoms with E-state index in [0.717, 1.165) is 5.56 Å². The second-order valence-corrected chi connectivity index (χ2v) is 6.13. The van der Waals surface area contributed by atoms with Gasteiger partial charge in [-0.25, -0.2) is 0 Å². The van der Waals surface area contributed by atoms with Crippen LogP contribution in [0.5, 0.6) is 5.75 Å². The average Bonchev–Trinajstić information content (AvgIpc) is 2.43. The third-order valence-corrected chi connectivity index (χ3v) is 3.58. The first-order valence-electron chi connectivity index (χ1n) is 6.46. The third-order valence-electron chi connectivity index (χ3n) is 2.78. The smallest absolute Gasteiger partial charge is 0.264 e. The Kier molecular flexibility index (Phi) is 6.60. The molecule has 0 aliphatic heterocycles. The normalized spacial score (nSPS) is 12.7. The van der Waals surface area contributed by atoms with Gasteiger partial charge in [-0.1, -0.05) is 12.1 Å². The lowest BCUT2D eigenvalue weighted by molar-refractivity contribution is -0.121. The Morgan fingerprint density at radius 2 is 2.00 bits per heavy atom. The summed E-state index contributed by atoms with van der Waals surface area (Å²) in [5, 5.41) is 2.48. The first kappa shape index (κ1) is 17.4. The molecule has 0 unspecified atom stereocenters. The minimum atomic E-state index is -3.94. The minimum absolute atomic E-state index is 0.191. The lowest BCUT2D eigenvalue weighted by atomic mass is 10.1. The number of carbonyl (C=O) groups excluding carboxylic acids is 1. The molecule has 0 saturated heterocycles. The average molecular weight is 316 g/mol. The summed E-state index contributed by atoms with van der Waals surface area (Å²) in [5.74, 6) is 0.0367. The fourth-order valence-electron chi connectivity index (χ4n) is 1.69. The number of nitrogens with one attached hydrogen (secondary N) is 1. The van der Waals surface area contributed by atoms with E-state index in [1.165, 1.54) is 7.05 Å². The van der Waals surface area contributed by atoms with Crippen molar-refractivity contribution in [1.82, 2.24) is 5.32 Å². The molecule has 0 aliphatic rings. The number of nitrogens with two attached hydrogens (primary N) is 1. The number of likely N-dealkylation sites (N-methyl/N-ethyl adjacent to an activating group) is 1. The van der Waals surface area contributed by atoms with E-state index in [1.54, 1.807) is 24.3 Å². The van der Waals surface area contributed by atoms with Gasteiger partial charge in [0.25, 0.3) is 10.1 Å². The van der Waals surface area contributed by atoms with Crippen molar-refractivity contribution in [1.29, 1.82) is 0 Å². The molecule has 0 aliphatic carbocycles. The maximum Gasteiger partial charge on any atom is 0.264 e. The van der Waals surface area contributed by atoms with E-state index in [1.807, 2.05) is 0 Å². The molecule has 0 aromatic heterocycles. The molecule has 1 atom stereocenters. The van der Waals surface area contributed by atoms with E-state index in [9.17, 15) is 13.2 Å². The largest absolute Gasteiger partial charge is 0.494 e. The van der Waals surface area contributed by atoms with E-state index in [0.29, 0.717) is 12.2 Å². The summed E-state index contributed by atoms with van der Waals surface area (Å²) in [6.45, 7) is 0.191. The van der Waals surface area contributed by atoms with Crippen LogP contribution in [0.3, 0.4) is 0 Å². The molecule has 0 bridgehead atoms. The topological polar surface area (TPSA) is 119 Å². The highest BCUT2D eigenvalue weighted by Crippen LogP contribution is 2.13. The van der Waals surface area contributed by atoms with Gasteiger partial charge in [-0.15, -0.1) is 0 Å². The predicted molar refractivity (Wildman–Crippen MR) is 78.7 cm³/mol. The monoisotopic (exact) mass is 316 g/mol. The molecule has 0 saturated carbocycles. The number of rotatable bonds is 8. The van der Waals surface area contributed by atoms with Crippen LogP contribution >= 0.6 is 0 Å². The Bertz CT molecular complexity index is 556. The van der Waals surface area contributed by atoms with E-state index in [4.69, 9.17) is 15.0 Å². The Labute approximate surface area is 124 Å². The van der Waals surface area contributed by atoms with Crippen LogP contribution in [0.2, 0.25) is 0 Å². The number of ether oxygens (including phenoxy) is 1. The Morgan fingerprint density at radius 1 is 1.38 bits per heavy atom. The highest BCUT2D eigenvalue weighted by atomic mass is 32.2. The zero-order chi connectivity index (χ0) is 15.9. The van der Waals surface area contributed by atoms with Gasteiger partial charge >= 0.3 is 0 Å². The summed E-state index contributed by atoms with van der Waals surface area (Å²) in [4.78, 5) is 11.3. The summed E-state index contributed by atoms with van der Waals surface area (Å²) in [7, 11) is -2.41. The quantitative estimate of drug-likeness (QED) is 0.457. The molecule has 0 fully saturated rings. The van der Waals surface area contributed by atoms with Gasteiger partial charge in [0.1, 0.15) is 5.75 Å². The zero-order valence-corrected chi connectivity index (χ0v) is 12.6. The predicted octanol–water partition coefficient (Wildman–Crippen LogP) is -0.0409. The van der Waals surface area contributed by atoms with Crippen LogP contribution in [-0.4, -0.2) is 44.3 Å². The van der Waals surface area contributed by atoms with Crippen LogP contribution in [0.15, 0.2) is 24.3 Å². The first-order valence-corrected chi connectivity index (χ1v) is 8.07. The molecule has 21 heavy (non-hydrogen) atoms. The maximum atomic E-state index is 11.3. The fourth-order valence-corrected chi connectivity index (χ4v) is 2.17. The Hall–Kier alpha value is -1.64. The minimum Gasteiger partial charge on any atom is -0.494 e. The maximum absolute atomic E-state index is 11.3. The number of amides is 1. The molecule has 1 rings (SSSR count). The van der Waals surface area contributed by atoms with E-state index in [2.05, 4.69) is 5.32 Å². The lowest BCUT2D eigenvalue weighted by Crippen LogP contribution is -2.40. The highest BCUT2D eigenvalue weighted by Gasteiger charge is 2.12. The summed E-state index contributed by atoms with van der Waals surface area (Å²) in [6, 6.07) is 6.43. The summed E-state index contributed by atoms with van der Waals surface area (Å²) in [5.41, 5.74) is 6.61. The molecular weight excluding hydrogens is 296 g/mol. The van der Waals surface area contributed by atoms with Gasteiger partial charge in [0, 0.05) is 7.05 Å². The van der Waals surface area contributed by atoms with Crippen molar-refractivity contribution in [3.8, 4) is 5.75 Å². The number of carbonyl (C=O) groups is 1. The lowest BCUT2D eigenvalue weighted by Gasteiger charge is -2.11. The summed E-state index contributed by atoms with van der Waals surface area (Å²) in [6.07, 6.45) is 0.630. The van der Waals surface area contributed by atoms with Crippen molar-refractivity contribution in [2.45, 2.75) is 18.9 Å². The molecule has 1 amide bonds. The van der Waals surface area contributed by atoms with Crippen LogP contribution in [0.1, 0.15) is 12.0 Å². The highest BCUT2D eigenvalue weighted by molar-refractivity contribution is 7.85. The molecular formula is C13H20N2O5S. The van der Waals surface area contributed by atoms with Gasteiger partial charge in [0.05, 0.1) is 18.4 Å². The molecule has 4 N–H and O–H groups in total. The van der Waals surface area contributed by atoms with Crippen molar-refractivity contribution < 1.29 is 22.5 Å². The second kappa shape index (κ2) is 7.96. The van der Waals surface area contributed by atoms with Crippen LogP contribution < -0.4 is 15.8 Å². The zero-order valence-electron chi connectivity index (χ0n) is 11.8. The van der Waals surface area contributed by atoms with Crippen molar-refractivity contribution in [2.75, 3.05) is 19.4 Å². The van der Waals surface area contributed by atoms with Crippen molar-refractivity contribution in [2.24, 2.45) is 5.73 Å². The molecule has 0 spiro atoms. The summed E-state index contributed by atoms with van der Waals surface area (Å²) < 4.78 is 35.0. The molecule has 7 nitrogen and oxygen atoms in total. The van der Waals surface area contributed by atoms with E-state index < -0.39 is 16.2 Å². The van der Waals surface area contributed by atoms with Crippen LogP contribution in [0, 0.1) is 0 Å². The van der Waals surface area contributed by atoms with E-state index >= 15 is 0 Å². The number of hydrogen-bond acceptors (Lipinski definition) is 5. The van der Waals surface area contributed by atoms with Crippen molar-refractivity contribution in [3.63, 3.8) is 0 Å². The van der Waals surface area contributed by atoms with Crippen molar-refractivity contribution >= 4 is 16.0 Å². The SMILES string of the molecule is CNC(=O)[C@H](N)Cc1ccc(OCCCS(=O)(=O)O)cc1. The molecule has 0 heterocycles. The fraction of sp³-hybridized carbons (Fsp3) is 0.462. The molecule has 8 heteroatoms. The molecule has 1 aromatic rings. The standard InChI is InChI=1S/C13H20N2O5S/c1-15-13(16)12(14)9-10-3-5-11(6-4-10)20-7-2-8-21(17,18)19/h3-6,12H,2,7-9,14H2,1H3,(H,15,16)(H,17,18,19)/t12-/m1/s1. The van der Waals surface area contributed by atoms with Gasteiger partial charge in [-0.05, 0) is 30.5 Å². The molecule has 118 valence electrons. The van der Waals surface area contributed by atoms with Crippen LogP contribution in [0.4, 0.5) is 0 Å². The summed E-state index contributed by atoms with van der Waals surface area (Å²) >= 11 is 0. The molecule has 0 radical (unpaired) electrons. The third kappa shape index (κ3) is 7.07. The number of benzene rings is 1. The number of hydrogen-bond donors (Lipinski definition) is 3. The van der Waals surface area contributed by atoms with Gasteiger partial charge in [0.15, 0.2) is 0 Å². The first-order chi connectivity index (χ1) is 9.81. The van der Waals surface area contributed by atoms with Crippen molar-refractivity contribution in [3.05, 3.63) is 29.8 Å².